The van der Waals surface area contributed by atoms with Crippen LogP contribution in [-0.4, -0.2) is 58.7 Å². The van der Waals surface area contributed by atoms with Crippen molar-refractivity contribution in [3.8, 4) is 16.5 Å². The number of carbonyl (C=O) groups is 2. The highest BCUT2D eigenvalue weighted by atomic mass is 32.1. The molecule has 1 aromatic carbocycles. The van der Waals surface area contributed by atoms with E-state index in [0.29, 0.717) is 47.8 Å². The molecule has 3 aromatic rings. The number of nitrogens with zero attached hydrogens (tertiary/aromatic N) is 2. The van der Waals surface area contributed by atoms with Crippen molar-refractivity contribution < 1.29 is 19.4 Å². The Balaban J connectivity index is 1.51. The molecule has 3 N–H and O–H groups in total. The van der Waals surface area contributed by atoms with Gasteiger partial charge in [0.2, 0.25) is 0 Å². The minimum absolute atomic E-state index is 0.192. The van der Waals surface area contributed by atoms with Crippen LogP contribution >= 0.6 is 11.3 Å². The second kappa shape index (κ2) is 8.12. The van der Waals surface area contributed by atoms with Crippen molar-refractivity contribution in [2.75, 3.05) is 26.7 Å². The molecule has 0 unspecified atom stereocenters. The maximum absolute atomic E-state index is 12.9. The second-order valence-corrected chi connectivity index (χ2v) is 7.97. The maximum Gasteiger partial charge on any atom is 0.407 e. The number of benzene rings is 1. The molecule has 1 aliphatic heterocycles. The molecule has 1 saturated heterocycles. The summed E-state index contributed by atoms with van der Waals surface area (Å²) >= 11 is 1.57. The van der Waals surface area contributed by atoms with Crippen LogP contribution in [0.5, 0.6) is 5.75 Å². The third-order valence-corrected chi connectivity index (χ3v) is 6.14. The summed E-state index contributed by atoms with van der Waals surface area (Å²) in [7, 11) is 1.59. The summed E-state index contributed by atoms with van der Waals surface area (Å²) in [6.07, 6.45) is 0.610. The lowest BCUT2D eigenvalue weighted by Gasteiger charge is -2.29. The Kier molecular flexibility index (Phi) is 5.39. The first-order chi connectivity index (χ1) is 14.1. The van der Waals surface area contributed by atoms with E-state index >= 15 is 0 Å². The van der Waals surface area contributed by atoms with Gasteiger partial charge in [0.1, 0.15) is 22.6 Å². The molecule has 0 saturated carbocycles. The molecular formula is C20H22N4O4S. The molecule has 152 valence electrons. The van der Waals surface area contributed by atoms with Gasteiger partial charge in [-0.1, -0.05) is 6.07 Å². The number of hydrogen-bond acceptors (Lipinski definition) is 5. The van der Waals surface area contributed by atoms with Gasteiger partial charge in [-0.15, -0.1) is 11.3 Å². The van der Waals surface area contributed by atoms with Gasteiger partial charge in [0, 0.05) is 19.6 Å². The predicted octanol–water partition coefficient (Wildman–Crippen LogP) is 3.42. The van der Waals surface area contributed by atoms with E-state index in [1.807, 2.05) is 17.5 Å². The van der Waals surface area contributed by atoms with Crippen LogP contribution in [0.3, 0.4) is 0 Å². The van der Waals surface area contributed by atoms with Gasteiger partial charge in [0.25, 0.3) is 5.91 Å². The average Bonchev–Trinajstić information content (AvgIpc) is 3.41. The van der Waals surface area contributed by atoms with E-state index in [1.54, 1.807) is 30.6 Å². The van der Waals surface area contributed by atoms with Gasteiger partial charge >= 0.3 is 6.09 Å². The number of thiophene rings is 1. The Bertz CT molecular complexity index is 1020. The number of aromatic nitrogens is 2. The van der Waals surface area contributed by atoms with Crippen molar-refractivity contribution in [1.29, 1.82) is 0 Å². The zero-order valence-corrected chi connectivity index (χ0v) is 16.8. The molecule has 0 aliphatic carbocycles. The standard InChI is InChI=1S/C20H22N4O4S/c1-28-14-5-4-13(16-17(14)23-18(22-16)15-3-2-10-29-15)19(25)21-11-12-6-8-24(9-7-12)20(26)27/h2-5,10,12H,6-9,11H2,1H3,(H,21,25)(H,22,23)(H,26,27). The zero-order valence-electron chi connectivity index (χ0n) is 16.0. The van der Waals surface area contributed by atoms with E-state index in [1.165, 1.54) is 4.90 Å². The highest BCUT2D eigenvalue weighted by molar-refractivity contribution is 7.13. The number of rotatable bonds is 5. The van der Waals surface area contributed by atoms with E-state index < -0.39 is 6.09 Å². The lowest BCUT2D eigenvalue weighted by Crippen LogP contribution is -2.40. The summed E-state index contributed by atoms with van der Waals surface area (Å²) in [5.74, 6) is 1.41. The van der Waals surface area contributed by atoms with Crippen molar-refractivity contribution in [2.45, 2.75) is 12.8 Å². The summed E-state index contributed by atoms with van der Waals surface area (Å²) < 4.78 is 5.43. The number of methoxy groups -OCH3 is 1. The monoisotopic (exact) mass is 414 g/mol. The molecule has 0 radical (unpaired) electrons. The largest absolute Gasteiger partial charge is 0.494 e. The van der Waals surface area contributed by atoms with E-state index in [9.17, 15) is 9.59 Å². The van der Waals surface area contributed by atoms with Crippen molar-refractivity contribution in [1.82, 2.24) is 20.2 Å². The third kappa shape index (κ3) is 3.91. The summed E-state index contributed by atoms with van der Waals surface area (Å²) in [6.45, 7) is 1.53. The van der Waals surface area contributed by atoms with Crippen LogP contribution < -0.4 is 10.1 Å². The first-order valence-corrected chi connectivity index (χ1v) is 10.3. The van der Waals surface area contributed by atoms with Crippen LogP contribution in [0.25, 0.3) is 21.7 Å². The minimum Gasteiger partial charge on any atom is -0.494 e. The van der Waals surface area contributed by atoms with Gasteiger partial charge in [-0.2, -0.15) is 0 Å². The van der Waals surface area contributed by atoms with Crippen molar-refractivity contribution in [3.05, 3.63) is 35.2 Å². The number of imidazole rings is 1. The fourth-order valence-electron chi connectivity index (χ4n) is 3.61. The number of amides is 2. The Morgan fingerprint density at radius 3 is 2.79 bits per heavy atom. The Morgan fingerprint density at radius 1 is 1.34 bits per heavy atom. The van der Waals surface area contributed by atoms with Crippen molar-refractivity contribution >= 4 is 34.4 Å². The number of ether oxygens (including phenoxy) is 1. The lowest BCUT2D eigenvalue weighted by molar-refractivity contribution is 0.0930. The van der Waals surface area contributed by atoms with Gasteiger partial charge in [-0.25, -0.2) is 9.78 Å². The van der Waals surface area contributed by atoms with Crippen LogP contribution in [-0.2, 0) is 0 Å². The fraction of sp³-hybridized carbons (Fsp3) is 0.350. The van der Waals surface area contributed by atoms with Gasteiger partial charge in [-0.3, -0.25) is 4.79 Å². The molecule has 2 amide bonds. The lowest BCUT2D eigenvalue weighted by atomic mass is 9.97. The van der Waals surface area contributed by atoms with Gasteiger partial charge in [0.05, 0.1) is 17.6 Å². The quantitative estimate of drug-likeness (QED) is 0.593. The second-order valence-electron chi connectivity index (χ2n) is 7.02. The maximum atomic E-state index is 12.9. The van der Waals surface area contributed by atoms with Crippen LogP contribution in [0.1, 0.15) is 23.2 Å². The number of nitrogens with one attached hydrogen (secondary N) is 2. The Hall–Kier alpha value is -3.07. The molecule has 0 bridgehead atoms. The number of likely N-dealkylation sites (tertiary alicyclic amines) is 1. The molecule has 0 atom stereocenters. The normalized spacial score (nSPS) is 14.9. The molecule has 1 aliphatic rings. The molecule has 8 nitrogen and oxygen atoms in total. The predicted molar refractivity (Wildman–Crippen MR) is 111 cm³/mol. The van der Waals surface area contributed by atoms with Crippen LogP contribution in [0.15, 0.2) is 29.6 Å². The van der Waals surface area contributed by atoms with E-state index in [2.05, 4.69) is 15.3 Å². The molecule has 9 heteroatoms. The first-order valence-electron chi connectivity index (χ1n) is 9.43. The molecule has 0 spiro atoms. The smallest absolute Gasteiger partial charge is 0.407 e. The summed E-state index contributed by atoms with van der Waals surface area (Å²) in [5.41, 5.74) is 1.76. The molecule has 3 heterocycles. The molecule has 2 aromatic heterocycles. The molecule has 29 heavy (non-hydrogen) atoms. The third-order valence-electron chi connectivity index (χ3n) is 5.26. The number of fused-ring (bicyclic) bond motifs is 1. The van der Waals surface area contributed by atoms with Gasteiger partial charge < -0.3 is 25.0 Å². The van der Waals surface area contributed by atoms with Crippen LogP contribution in [0, 0.1) is 5.92 Å². The number of H-pyrrole nitrogens is 1. The van der Waals surface area contributed by atoms with Crippen molar-refractivity contribution in [3.63, 3.8) is 0 Å². The highest BCUT2D eigenvalue weighted by Gasteiger charge is 2.23. The molecular weight excluding hydrogens is 392 g/mol. The number of aromatic amines is 1. The van der Waals surface area contributed by atoms with Crippen LogP contribution in [0.4, 0.5) is 4.79 Å². The molecule has 1 fully saturated rings. The number of hydrogen-bond donors (Lipinski definition) is 3. The van der Waals surface area contributed by atoms with Crippen LogP contribution in [0.2, 0.25) is 0 Å². The first kappa shape index (κ1) is 19.3. The summed E-state index contributed by atoms with van der Waals surface area (Å²) in [6, 6.07) is 7.41. The topological polar surface area (TPSA) is 108 Å². The number of carbonyl (C=O) groups excluding carboxylic acids is 1. The van der Waals surface area contributed by atoms with E-state index in [0.717, 1.165) is 17.7 Å². The van der Waals surface area contributed by atoms with E-state index in [-0.39, 0.29) is 11.8 Å². The zero-order chi connectivity index (χ0) is 20.4. The minimum atomic E-state index is -0.881. The SMILES string of the molecule is COc1ccc(C(=O)NCC2CCN(C(=O)O)CC2)c2nc(-c3cccs3)[nH]c12. The summed E-state index contributed by atoms with van der Waals surface area (Å²) in [5, 5.41) is 14.0. The number of carboxylic acid groups (broad SMARTS) is 1. The number of piperidine rings is 1. The fourth-order valence-corrected chi connectivity index (χ4v) is 4.28. The molecule has 4 rings (SSSR count). The Morgan fingerprint density at radius 2 is 2.14 bits per heavy atom. The van der Waals surface area contributed by atoms with Gasteiger partial charge in [0.15, 0.2) is 0 Å². The van der Waals surface area contributed by atoms with Gasteiger partial charge in [-0.05, 0) is 42.3 Å². The summed E-state index contributed by atoms with van der Waals surface area (Å²) in [4.78, 5) is 34.2. The average molecular weight is 414 g/mol. The van der Waals surface area contributed by atoms with E-state index in [4.69, 9.17) is 9.84 Å². The Labute approximate surface area is 171 Å². The van der Waals surface area contributed by atoms with Crippen molar-refractivity contribution in [2.24, 2.45) is 5.92 Å². The highest BCUT2D eigenvalue weighted by Crippen LogP contribution is 2.31.